The van der Waals surface area contributed by atoms with Crippen molar-refractivity contribution in [1.29, 1.82) is 0 Å². The van der Waals surface area contributed by atoms with Crippen LogP contribution in [0.25, 0.3) is 0 Å². The van der Waals surface area contributed by atoms with E-state index in [4.69, 9.17) is 4.74 Å². The molecule has 0 aromatic carbocycles. The number of ether oxygens (including phenoxy) is 1. The van der Waals surface area contributed by atoms with Gasteiger partial charge in [0.05, 0.1) is 17.9 Å². The van der Waals surface area contributed by atoms with E-state index in [9.17, 15) is 18.0 Å². The number of anilines is 3. The summed E-state index contributed by atoms with van der Waals surface area (Å²) in [6, 6.07) is 0.287. The molecular weight excluding hydrogens is 465 g/mol. The van der Waals surface area contributed by atoms with Crippen molar-refractivity contribution >= 4 is 23.4 Å². The fourth-order valence-electron chi connectivity index (χ4n) is 4.22. The van der Waals surface area contributed by atoms with Crippen molar-refractivity contribution in [2.45, 2.75) is 37.9 Å². The summed E-state index contributed by atoms with van der Waals surface area (Å²) >= 11 is 0. The van der Waals surface area contributed by atoms with Gasteiger partial charge in [-0.15, -0.1) is 0 Å². The normalized spacial score (nSPS) is 18.5. The number of hydrogen-bond donors (Lipinski definition) is 2. The van der Waals surface area contributed by atoms with Gasteiger partial charge in [0.2, 0.25) is 11.9 Å². The monoisotopic (exact) mass is 496 g/mol. The number of amides is 1. The van der Waals surface area contributed by atoms with Gasteiger partial charge in [0.1, 0.15) is 18.0 Å². The highest BCUT2D eigenvalue weighted by atomic mass is 19.4. The van der Waals surface area contributed by atoms with Crippen molar-refractivity contribution in [3.8, 4) is 0 Å². The minimum Gasteiger partial charge on any atom is -0.372 e. The number of carbonyl (C=O) groups is 1. The number of aromatic nitrogens is 4. The van der Waals surface area contributed by atoms with E-state index in [1.165, 1.54) is 0 Å². The lowest BCUT2D eigenvalue weighted by atomic mass is 10.1. The first-order valence-electron chi connectivity index (χ1n) is 11.8. The zero-order chi connectivity index (χ0) is 24.8. The highest BCUT2D eigenvalue weighted by molar-refractivity contribution is 5.77. The highest BCUT2D eigenvalue weighted by Gasteiger charge is 2.35. The number of carbonyl (C=O) groups excluding carboxylic acids is 1. The number of hydrogen-bond acceptors (Lipinski definition) is 8. The molecule has 35 heavy (non-hydrogen) atoms. The Morgan fingerprint density at radius 1 is 1.20 bits per heavy atom. The fraction of sp³-hybridized carbons (Fsp3) is 0.636. The first kappa shape index (κ1) is 25.2. The Labute approximate surface area is 201 Å². The Bertz CT molecular complexity index is 991. The molecule has 2 aromatic rings. The Morgan fingerprint density at radius 3 is 2.77 bits per heavy atom. The molecule has 10 nitrogen and oxygen atoms in total. The lowest BCUT2D eigenvalue weighted by Crippen LogP contribution is -2.34. The summed E-state index contributed by atoms with van der Waals surface area (Å²) in [7, 11) is 2.09. The van der Waals surface area contributed by atoms with E-state index in [1.54, 1.807) is 11.1 Å². The van der Waals surface area contributed by atoms with Gasteiger partial charge >= 0.3 is 6.18 Å². The molecule has 0 bridgehead atoms. The molecule has 0 saturated carbocycles. The van der Waals surface area contributed by atoms with Crippen LogP contribution in [-0.4, -0.2) is 88.4 Å². The van der Waals surface area contributed by atoms with Gasteiger partial charge in [0.25, 0.3) is 0 Å². The summed E-state index contributed by atoms with van der Waals surface area (Å²) < 4.78 is 47.6. The second-order valence-electron chi connectivity index (χ2n) is 8.89. The lowest BCUT2D eigenvalue weighted by Gasteiger charge is -2.28. The molecule has 0 radical (unpaired) electrons. The summed E-state index contributed by atoms with van der Waals surface area (Å²) in [6.07, 6.45) is 2.80. The number of piperidine rings is 1. The van der Waals surface area contributed by atoms with Gasteiger partial charge in [-0.2, -0.15) is 23.3 Å². The van der Waals surface area contributed by atoms with E-state index >= 15 is 0 Å². The number of halogens is 3. The number of nitrogens with zero attached hydrogens (tertiary/aromatic N) is 6. The highest BCUT2D eigenvalue weighted by Crippen LogP contribution is 2.34. The predicted molar refractivity (Wildman–Crippen MR) is 123 cm³/mol. The molecule has 0 unspecified atom stereocenters. The van der Waals surface area contributed by atoms with E-state index < -0.39 is 11.7 Å². The Balaban J connectivity index is 1.38. The molecule has 13 heteroatoms. The average Bonchev–Trinajstić information content (AvgIpc) is 3.18. The smallest absolute Gasteiger partial charge is 0.372 e. The zero-order valence-electron chi connectivity index (χ0n) is 19.7. The Hall–Kier alpha value is -2.93. The number of rotatable bonds is 8. The molecule has 1 amide bonds. The van der Waals surface area contributed by atoms with Gasteiger partial charge < -0.3 is 25.2 Å². The molecule has 4 heterocycles. The van der Waals surface area contributed by atoms with E-state index in [-0.39, 0.29) is 36.9 Å². The molecule has 2 aliphatic rings. The van der Waals surface area contributed by atoms with Gasteiger partial charge in [-0.1, -0.05) is 0 Å². The van der Waals surface area contributed by atoms with Gasteiger partial charge in [0.15, 0.2) is 0 Å². The fourth-order valence-corrected chi connectivity index (χ4v) is 4.22. The molecule has 2 N–H and O–H groups in total. The summed E-state index contributed by atoms with van der Waals surface area (Å²) in [5.74, 6) is -0.362. The maximum absolute atomic E-state index is 13.5. The maximum atomic E-state index is 13.5. The van der Waals surface area contributed by atoms with Crippen molar-refractivity contribution in [2.75, 3.05) is 63.6 Å². The van der Waals surface area contributed by atoms with Crippen LogP contribution >= 0.6 is 0 Å². The summed E-state index contributed by atoms with van der Waals surface area (Å²) in [4.78, 5) is 23.9. The molecule has 2 fully saturated rings. The Kier molecular flexibility index (Phi) is 8.06. The second kappa shape index (κ2) is 11.2. The predicted octanol–water partition coefficient (Wildman–Crippen LogP) is 2.75. The van der Waals surface area contributed by atoms with Gasteiger partial charge in [-0.25, -0.2) is 4.98 Å². The van der Waals surface area contributed by atoms with E-state index in [2.05, 4.69) is 37.6 Å². The molecule has 0 spiro atoms. The maximum Gasteiger partial charge on any atom is 0.421 e. The number of alkyl halides is 3. The number of nitrogens with one attached hydrogen (secondary N) is 2. The molecule has 0 aliphatic carbocycles. The van der Waals surface area contributed by atoms with Crippen LogP contribution < -0.4 is 10.6 Å². The van der Waals surface area contributed by atoms with Crippen molar-refractivity contribution in [1.82, 2.24) is 29.5 Å². The second-order valence-corrected chi connectivity index (χ2v) is 8.89. The van der Waals surface area contributed by atoms with Crippen LogP contribution in [0.2, 0.25) is 0 Å². The van der Waals surface area contributed by atoms with E-state index in [0.29, 0.717) is 31.8 Å². The van der Waals surface area contributed by atoms with Gasteiger partial charge in [-0.05, 0) is 45.8 Å². The summed E-state index contributed by atoms with van der Waals surface area (Å²) in [6.45, 7) is 3.79. The van der Waals surface area contributed by atoms with Crippen LogP contribution in [0.15, 0.2) is 18.6 Å². The standard InChI is InChI=1S/C22H31F3N8O2/c1-31-9-4-17(5-10-31)33-14-16(12-28-33)29-21-27-13-18(22(23,24)25)20(30-21)26-6-2-7-32-8-3-11-35-15-19(32)34/h12-14,17H,2-11,15H2,1H3,(H2,26,27,29,30). The van der Waals surface area contributed by atoms with Crippen molar-refractivity contribution in [3.63, 3.8) is 0 Å². The third-order valence-electron chi connectivity index (χ3n) is 6.21. The topological polar surface area (TPSA) is 100 Å². The minimum atomic E-state index is -4.60. The quantitative estimate of drug-likeness (QED) is 0.539. The largest absolute Gasteiger partial charge is 0.421 e. The molecule has 4 rings (SSSR count). The van der Waals surface area contributed by atoms with E-state index in [1.807, 2.05) is 10.9 Å². The third kappa shape index (κ3) is 6.82. The average molecular weight is 497 g/mol. The van der Waals surface area contributed by atoms with Gasteiger partial charge in [0, 0.05) is 38.6 Å². The van der Waals surface area contributed by atoms with Gasteiger partial charge in [-0.3, -0.25) is 9.48 Å². The van der Waals surface area contributed by atoms with Crippen LogP contribution in [-0.2, 0) is 15.7 Å². The molecule has 0 atom stereocenters. The lowest BCUT2D eigenvalue weighted by molar-refractivity contribution is -0.137. The van der Waals surface area contributed by atoms with Crippen molar-refractivity contribution < 1.29 is 22.7 Å². The SMILES string of the molecule is CN1CCC(n2cc(Nc3ncc(C(F)(F)F)c(NCCCN4CCCOCC4=O)n3)cn2)CC1. The molecule has 2 saturated heterocycles. The van der Waals surface area contributed by atoms with E-state index in [0.717, 1.165) is 38.5 Å². The summed E-state index contributed by atoms with van der Waals surface area (Å²) in [5, 5.41) is 10.1. The first-order chi connectivity index (χ1) is 16.8. The zero-order valence-corrected chi connectivity index (χ0v) is 19.7. The number of likely N-dealkylation sites (tertiary alicyclic amines) is 1. The van der Waals surface area contributed by atoms with Crippen LogP contribution in [0, 0.1) is 0 Å². The first-order valence-corrected chi connectivity index (χ1v) is 11.8. The molecule has 192 valence electrons. The van der Waals surface area contributed by atoms with Crippen molar-refractivity contribution in [2.24, 2.45) is 0 Å². The van der Waals surface area contributed by atoms with Crippen molar-refractivity contribution in [3.05, 3.63) is 24.2 Å². The molecular formula is C22H31F3N8O2. The van der Waals surface area contributed by atoms with Crippen LogP contribution in [0.5, 0.6) is 0 Å². The molecule has 2 aliphatic heterocycles. The van der Waals surface area contributed by atoms with Crippen LogP contribution in [0.4, 0.5) is 30.6 Å². The molecule has 2 aromatic heterocycles. The Morgan fingerprint density at radius 2 is 2.00 bits per heavy atom. The summed E-state index contributed by atoms with van der Waals surface area (Å²) in [5.41, 5.74) is -0.333. The van der Waals surface area contributed by atoms with Crippen LogP contribution in [0.1, 0.15) is 37.3 Å². The van der Waals surface area contributed by atoms with Crippen LogP contribution in [0.3, 0.4) is 0 Å². The third-order valence-corrected chi connectivity index (χ3v) is 6.21. The minimum absolute atomic E-state index is 0.0426.